The van der Waals surface area contributed by atoms with Crippen LogP contribution in [0.25, 0.3) is 0 Å². The molecule has 1 rings (SSSR count). The van der Waals surface area contributed by atoms with E-state index in [-0.39, 0.29) is 17.4 Å². The van der Waals surface area contributed by atoms with Crippen molar-refractivity contribution in [2.45, 2.75) is 31.8 Å². The van der Waals surface area contributed by atoms with Gasteiger partial charge >= 0.3 is 0 Å². The van der Waals surface area contributed by atoms with E-state index in [2.05, 4.69) is 4.72 Å². The lowest BCUT2D eigenvalue weighted by Crippen LogP contribution is -2.35. The summed E-state index contributed by atoms with van der Waals surface area (Å²) in [7, 11) is -3.63. The van der Waals surface area contributed by atoms with E-state index in [4.69, 9.17) is 5.73 Å². The molecule has 0 aliphatic carbocycles. The summed E-state index contributed by atoms with van der Waals surface area (Å²) in [5.41, 5.74) is 6.60. The van der Waals surface area contributed by atoms with Gasteiger partial charge in [-0.15, -0.1) is 0 Å². The molecule has 0 heterocycles. The number of hydrogen-bond donors (Lipinski definition) is 3. The monoisotopic (exact) mass is 272 g/mol. The minimum absolute atomic E-state index is 0.00496. The standard InChI is InChI=1S/C12H20N2O3S/c1-8(2)11(15)7-14-18(16,17)12-6-10(13)5-4-9(12)3/h4-6,8,11,14-15H,7,13H2,1-3H3. The number of nitrogens with one attached hydrogen (secondary N) is 1. The van der Waals surface area contributed by atoms with Gasteiger partial charge in [-0.25, -0.2) is 13.1 Å². The molecule has 0 radical (unpaired) electrons. The van der Waals surface area contributed by atoms with E-state index >= 15 is 0 Å². The number of sulfonamides is 1. The van der Waals surface area contributed by atoms with Crippen LogP contribution in [0.3, 0.4) is 0 Å². The number of nitrogens with two attached hydrogens (primary N) is 1. The Bertz CT molecular complexity index is 512. The Kier molecular flexibility index (Phi) is 4.72. The molecule has 4 N–H and O–H groups in total. The predicted molar refractivity (Wildman–Crippen MR) is 71.6 cm³/mol. The van der Waals surface area contributed by atoms with Crippen LogP contribution in [0.2, 0.25) is 0 Å². The molecule has 0 fully saturated rings. The fourth-order valence-electron chi connectivity index (χ4n) is 1.41. The van der Waals surface area contributed by atoms with Crippen molar-refractivity contribution >= 4 is 15.7 Å². The maximum Gasteiger partial charge on any atom is 0.240 e. The van der Waals surface area contributed by atoms with E-state index in [1.165, 1.54) is 6.07 Å². The van der Waals surface area contributed by atoms with Crippen LogP contribution in [0.4, 0.5) is 5.69 Å². The molecule has 0 bridgehead atoms. The normalized spacial score (nSPS) is 13.8. The Balaban J connectivity index is 2.90. The number of hydrogen-bond acceptors (Lipinski definition) is 4. The van der Waals surface area contributed by atoms with Gasteiger partial charge in [0.1, 0.15) is 0 Å². The zero-order valence-electron chi connectivity index (χ0n) is 10.8. The molecule has 1 atom stereocenters. The van der Waals surface area contributed by atoms with Gasteiger partial charge in [0, 0.05) is 12.2 Å². The average molecular weight is 272 g/mol. The van der Waals surface area contributed by atoms with Crippen LogP contribution >= 0.6 is 0 Å². The summed E-state index contributed by atoms with van der Waals surface area (Å²) >= 11 is 0. The fraction of sp³-hybridized carbons (Fsp3) is 0.500. The highest BCUT2D eigenvalue weighted by molar-refractivity contribution is 7.89. The Labute approximate surface area is 108 Å². The third kappa shape index (κ3) is 3.69. The second-order valence-corrected chi connectivity index (χ2v) is 6.42. The van der Waals surface area contributed by atoms with Crippen LogP contribution in [0, 0.1) is 12.8 Å². The highest BCUT2D eigenvalue weighted by Gasteiger charge is 2.19. The third-order valence-electron chi connectivity index (χ3n) is 2.75. The number of benzene rings is 1. The van der Waals surface area contributed by atoms with Crippen molar-refractivity contribution in [1.29, 1.82) is 0 Å². The van der Waals surface area contributed by atoms with Gasteiger partial charge in [0.15, 0.2) is 0 Å². The van der Waals surface area contributed by atoms with E-state index in [1.54, 1.807) is 19.1 Å². The van der Waals surface area contributed by atoms with Crippen LogP contribution in [0.5, 0.6) is 0 Å². The van der Waals surface area contributed by atoms with Gasteiger partial charge in [0.2, 0.25) is 10.0 Å². The quantitative estimate of drug-likeness (QED) is 0.694. The van der Waals surface area contributed by atoms with E-state index in [9.17, 15) is 13.5 Å². The SMILES string of the molecule is Cc1ccc(N)cc1S(=O)(=O)NCC(O)C(C)C. The zero-order chi connectivity index (χ0) is 13.9. The summed E-state index contributed by atoms with van der Waals surface area (Å²) in [5.74, 6) is -0.00496. The molecule has 102 valence electrons. The molecule has 0 aliphatic rings. The topological polar surface area (TPSA) is 92.4 Å². The Morgan fingerprint density at radius 2 is 2.00 bits per heavy atom. The van der Waals surface area contributed by atoms with Gasteiger partial charge in [-0.1, -0.05) is 19.9 Å². The number of aryl methyl sites for hydroxylation is 1. The lowest BCUT2D eigenvalue weighted by molar-refractivity contribution is 0.129. The maximum atomic E-state index is 12.1. The number of nitrogen functional groups attached to an aromatic ring is 1. The van der Waals surface area contributed by atoms with E-state index in [1.807, 2.05) is 13.8 Å². The lowest BCUT2D eigenvalue weighted by Gasteiger charge is -2.16. The second-order valence-electron chi connectivity index (χ2n) is 4.69. The number of rotatable bonds is 5. The van der Waals surface area contributed by atoms with Gasteiger partial charge in [-0.2, -0.15) is 0 Å². The molecule has 0 saturated carbocycles. The van der Waals surface area contributed by atoms with E-state index in [0.29, 0.717) is 11.3 Å². The largest absolute Gasteiger partial charge is 0.399 e. The minimum atomic E-state index is -3.63. The Hall–Kier alpha value is -1.11. The molecule has 1 unspecified atom stereocenters. The van der Waals surface area contributed by atoms with Gasteiger partial charge < -0.3 is 10.8 Å². The van der Waals surface area contributed by atoms with Crippen molar-refractivity contribution in [3.05, 3.63) is 23.8 Å². The summed E-state index contributed by atoms with van der Waals surface area (Å²) in [4.78, 5) is 0.151. The molecule has 0 aliphatic heterocycles. The van der Waals surface area contributed by atoms with Crippen LogP contribution in [0.15, 0.2) is 23.1 Å². The minimum Gasteiger partial charge on any atom is -0.399 e. The van der Waals surface area contributed by atoms with Crippen molar-refractivity contribution in [1.82, 2.24) is 4.72 Å². The van der Waals surface area contributed by atoms with Crippen molar-refractivity contribution in [2.24, 2.45) is 5.92 Å². The first-order valence-electron chi connectivity index (χ1n) is 5.78. The Morgan fingerprint density at radius 1 is 1.39 bits per heavy atom. The maximum absolute atomic E-state index is 12.1. The van der Waals surface area contributed by atoms with Gasteiger partial charge in [-0.3, -0.25) is 0 Å². The van der Waals surface area contributed by atoms with Gasteiger partial charge in [0.25, 0.3) is 0 Å². The zero-order valence-corrected chi connectivity index (χ0v) is 11.7. The third-order valence-corrected chi connectivity index (χ3v) is 4.32. The summed E-state index contributed by atoms with van der Waals surface area (Å²) in [6.07, 6.45) is -0.707. The molecule has 1 aromatic rings. The summed E-state index contributed by atoms with van der Waals surface area (Å²) < 4.78 is 26.5. The highest BCUT2D eigenvalue weighted by atomic mass is 32.2. The molecule has 0 amide bonds. The van der Waals surface area contributed by atoms with Crippen molar-refractivity contribution in [3.8, 4) is 0 Å². The number of anilines is 1. The molecular weight excluding hydrogens is 252 g/mol. The average Bonchev–Trinajstić information content (AvgIpc) is 2.29. The molecule has 0 saturated heterocycles. The molecule has 0 aromatic heterocycles. The smallest absolute Gasteiger partial charge is 0.240 e. The summed E-state index contributed by atoms with van der Waals surface area (Å²) in [5, 5.41) is 9.61. The molecule has 18 heavy (non-hydrogen) atoms. The second kappa shape index (κ2) is 5.69. The van der Waals surface area contributed by atoms with E-state index < -0.39 is 16.1 Å². The van der Waals surface area contributed by atoms with Gasteiger partial charge in [0.05, 0.1) is 11.0 Å². The molecule has 0 spiro atoms. The van der Waals surface area contributed by atoms with Crippen LogP contribution in [-0.2, 0) is 10.0 Å². The number of aliphatic hydroxyl groups is 1. The van der Waals surface area contributed by atoms with Crippen LogP contribution in [-0.4, -0.2) is 26.2 Å². The highest BCUT2D eigenvalue weighted by Crippen LogP contribution is 2.18. The van der Waals surface area contributed by atoms with Crippen molar-refractivity contribution in [2.75, 3.05) is 12.3 Å². The van der Waals surface area contributed by atoms with E-state index in [0.717, 1.165) is 0 Å². The predicted octanol–water partition coefficient (Wildman–Crippen LogP) is 0.872. The van der Waals surface area contributed by atoms with Gasteiger partial charge in [-0.05, 0) is 30.5 Å². The first kappa shape index (κ1) is 14.9. The lowest BCUT2D eigenvalue weighted by atomic mass is 10.1. The van der Waals surface area contributed by atoms with Crippen LogP contribution < -0.4 is 10.5 Å². The first-order chi connectivity index (χ1) is 8.24. The van der Waals surface area contributed by atoms with Crippen LogP contribution in [0.1, 0.15) is 19.4 Å². The summed E-state index contributed by atoms with van der Waals surface area (Å²) in [6, 6.07) is 4.72. The molecule has 6 heteroatoms. The first-order valence-corrected chi connectivity index (χ1v) is 7.26. The van der Waals surface area contributed by atoms with Crippen molar-refractivity contribution in [3.63, 3.8) is 0 Å². The molecule has 5 nitrogen and oxygen atoms in total. The fourth-order valence-corrected chi connectivity index (χ4v) is 2.74. The summed E-state index contributed by atoms with van der Waals surface area (Å²) in [6.45, 7) is 5.34. The molecule has 1 aromatic carbocycles. The number of aliphatic hydroxyl groups excluding tert-OH is 1. The van der Waals surface area contributed by atoms with Crippen molar-refractivity contribution < 1.29 is 13.5 Å². The Morgan fingerprint density at radius 3 is 2.56 bits per heavy atom. The molecular formula is C12H20N2O3S.